The van der Waals surface area contributed by atoms with Crippen LogP contribution in [0.15, 0.2) is 30.5 Å². The van der Waals surface area contributed by atoms with Crippen LogP contribution in [0.3, 0.4) is 0 Å². The van der Waals surface area contributed by atoms with Crippen LogP contribution >= 0.6 is 11.3 Å². The van der Waals surface area contributed by atoms with Crippen LogP contribution in [0.5, 0.6) is 5.88 Å². The summed E-state index contributed by atoms with van der Waals surface area (Å²) in [5.74, 6) is -1.90. The van der Waals surface area contributed by atoms with E-state index >= 15 is 0 Å². The monoisotopic (exact) mass is 524 g/mol. The van der Waals surface area contributed by atoms with E-state index in [1.807, 2.05) is 32.3 Å². The molecule has 37 heavy (non-hydrogen) atoms. The number of hydrogen-bond acceptors (Lipinski definition) is 8. The van der Waals surface area contributed by atoms with Crippen molar-refractivity contribution < 1.29 is 19.1 Å². The lowest BCUT2D eigenvalue weighted by atomic mass is 9.89. The number of nitrogens with two attached hydrogens (primary N) is 1. The van der Waals surface area contributed by atoms with E-state index in [0.29, 0.717) is 6.54 Å². The van der Waals surface area contributed by atoms with E-state index in [2.05, 4.69) is 29.0 Å². The number of pyridine rings is 1. The molecule has 11 heteroatoms. The van der Waals surface area contributed by atoms with Crippen molar-refractivity contribution in [3.05, 3.63) is 46.6 Å². The van der Waals surface area contributed by atoms with Gasteiger partial charge in [0.05, 0.1) is 41.3 Å². The fourth-order valence-electron chi connectivity index (χ4n) is 4.47. The molecule has 10 nitrogen and oxygen atoms in total. The fourth-order valence-corrected chi connectivity index (χ4v) is 5.56. The normalized spacial score (nSPS) is 18.6. The highest BCUT2D eigenvalue weighted by atomic mass is 32.1. The Hall–Kier alpha value is -3.57. The van der Waals surface area contributed by atoms with Gasteiger partial charge in [-0.05, 0) is 63.5 Å². The highest BCUT2D eigenvalue weighted by Gasteiger charge is 2.34. The van der Waals surface area contributed by atoms with Crippen molar-refractivity contribution in [2.45, 2.75) is 38.8 Å². The smallest absolute Gasteiger partial charge is 0.313 e. The summed E-state index contributed by atoms with van der Waals surface area (Å²) in [6, 6.07) is 7.40. The van der Waals surface area contributed by atoms with Gasteiger partial charge in [0.15, 0.2) is 0 Å². The maximum atomic E-state index is 13.4. The Morgan fingerprint density at radius 2 is 2.00 bits per heavy atom. The fraction of sp³-hybridized carbons (Fsp3) is 0.423. The molecule has 1 aliphatic heterocycles. The highest BCUT2D eigenvalue weighted by Crippen LogP contribution is 2.36. The quantitative estimate of drug-likeness (QED) is 0.473. The molecule has 1 unspecified atom stereocenters. The molecule has 1 aliphatic rings. The van der Waals surface area contributed by atoms with Crippen LogP contribution in [0.2, 0.25) is 0 Å². The Morgan fingerprint density at radius 3 is 2.68 bits per heavy atom. The van der Waals surface area contributed by atoms with E-state index in [4.69, 9.17) is 15.5 Å². The molecule has 0 spiro atoms. The lowest BCUT2D eigenvalue weighted by Crippen LogP contribution is -2.46. The standard InChI is InChI=1S/C26H32N6O4S/c1-14-6-8-20(16-7-9-21-19(10-16)30-25(37-21)15(2)31(3)4)32(13-14)26(35)23(34)29-17-11-18(22(27)33)24(36-5)28-12-17/h7,9-12,14-15,20H,6,8,13H2,1-5H3,(H2,27,33)(H,29,34)/t14-,15?,20+/m0/s1. The Labute approximate surface area is 219 Å². The lowest BCUT2D eigenvalue weighted by Gasteiger charge is -2.38. The summed E-state index contributed by atoms with van der Waals surface area (Å²) in [6.07, 6.45) is 3.00. The number of carbonyl (C=O) groups is 3. The minimum absolute atomic E-state index is 0.0109. The number of rotatable bonds is 6. The third-order valence-electron chi connectivity index (χ3n) is 6.79. The van der Waals surface area contributed by atoms with Crippen molar-refractivity contribution in [1.82, 2.24) is 19.8 Å². The van der Waals surface area contributed by atoms with Gasteiger partial charge in [-0.1, -0.05) is 13.0 Å². The second-order valence-corrected chi connectivity index (χ2v) is 10.7. The van der Waals surface area contributed by atoms with E-state index < -0.39 is 17.7 Å². The van der Waals surface area contributed by atoms with Crippen molar-refractivity contribution >= 4 is 45.0 Å². The molecule has 3 amide bonds. The van der Waals surface area contributed by atoms with Crippen LogP contribution in [0, 0.1) is 5.92 Å². The number of nitrogens with one attached hydrogen (secondary N) is 1. The largest absolute Gasteiger partial charge is 0.480 e. The first kappa shape index (κ1) is 26.5. The van der Waals surface area contributed by atoms with Crippen molar-refractivity contribution in [2.75, 3.05) is 33.1 Å². The molecule has 3 aromatic rings. The van der Waals surface area contributed by atoms with Gasteiger partial charge in [-0.25, -0.2) is 9.97 Å². The Morgan fingerprint density at radius 1 is 1.24 bits per heavy atom. The molecule has 0 saturated carbocycles. The number of nitrogens with zero attached hydrogens (tertiary/aromatic N) is 4. The van der Waals surface area contributed by atoms with Gasteiger partial charge in [0.2, 0.25) is 5.88 Å². The van der Waals surface area contributed by atoms with Gasteiger partial charge in [-0.2, -0.15) is 0 Å². The Kier molecular flexibility index (Phi) is 7.74. The average Bonchev–Trinajstić information content (AvgIpc) is 3.30. The van der Waals surface area contributed by atoms with Crippen LogP contribution in [0.1, 0.15) is 59.7 Å². The zero-order valence-corrected chi connectivity index (χ0v) is 22.5. The van der Waals surface area contributed by atoms with Gasteiger partial charge >= 0.3 is 11.8 Å². The number of thiazole rings is 1. The third-order valence-corrected chi connectivity index (χ3v) is 7.99. The van der Waals surface area contributed by atoms with E-state index in [1.165, 1.54) is 19.4 Å². The number of methoxy groups -OCH3 is 1. The second kappa shape index (κ2) is 10.8. The molecule has 0 radical (unpaired) electrons. The highest BCUT2D eigenvalue weighted by molar-refractivity contribution is 7.18. The minimum atomic E-state index is -0.807. The van der Waals surface area contributed by atoms with Gasteiger partial charge in [-0.15, -0.1) is 11.3 Å². The molecular formula is C26H32N6O4S. The molecule has 3 atom stereocenters. The maximum absolute atomic E-state index is 13.4. The minimum Gasteiger partial charge on any atom is -0.480 e. The number of aromatic nitrogens is 2. The number of amides is 3. The molecule has 196 valence electrons. The summed E-state index contributed by atoms with van der Waals surface area (Å²) in [7, 11) is 5.41. The lowest BCUT2D eigenvalue weighted by molar-refractivity contribution is -0.146. The van der Waals surface area contributed by atoms with Crippen LogP contribution in [0.25, 0.3) is 10.2 Å². The summed E-state index contributed by atoms with van der Waals surface area (Å²) in [4.78, 5) is 50.7. The van der Waals surface area contributed by atoms with Crippen LogP contribution < -0.4 is 15.8 Å². The molecule has 2 aromatic heterocycles. The first-order valence-corrected chi connectivity index (χ1v) is 12.9. The molecule has 0 aliphatic carbocycles. The van der Waals surface area contributed by atoms with Crippen LogP contribution in [0.4, 0.5) is 5.69 Å². The first-order chi connectivity index (χ1) is 17.6. The maximum Gasteiger partial charge on any atom is 0.313 e. The van der Waals surface area contributed by atoms with Crippen molar-refractivity contribution in [1.29, 1.82) is 0 Å². The number of likely N-dealkylation sites (tertiary alicyclic amines) is 1. The number of fused-ring (bicyclic) bond motifs is 1. The zero-order chi connectivity index (χ0) is 26.9. The number of piperidine rings is 1. The number of primary amides is 1. The summed E-state index contributed by atoms with van der Waals surface area (Å²) in [5.41, 5.74) is 7.42. The van der Waals surface area contributed by atoms with Gasteiger partial charge in [-0.3, -0.25) is 14.4 Å². The molecule has 3 heterocycles. The number of ether oxygens (including phenoxy) is 1. The molecule has 0 bridgehead atoms. The van der Waals surface area contributed by atoms with E-state index in [0.717, 1.165) is 33.6 Å². The molecule has 1 aromatic carbocycles. The number of hydrogen-bond donors (Lipinski definition) is 2. The predicted molar refractivity (Wildman–Crippen MR) is 143 cm³/mol. The van der Waals surface area contributed by atoms with E-state index in [1.54, 1.807) is 16.2 Å². The van der Waals surface area contributed by atoms with Crippen LogP contribution in [-0.2, 0) is 9.59 Å². The van der Waals surface area contributed by atoms with Gasteiger partial charge in [0, 0.05) is 6.54 Å². The van der Waals surface area contributed by atoms with Gasteiger partial charge < -0.3 is 25.6 Å². The molecule has 1 saturated heterocycles. The van der Waals surface area contributed by atoms with Crippen LogP contribution in [-0.4, -0.2) is 65.2 Å². The van der Waals surface area contributed by atoms with Gasteiger partial charge in [0.1, 0.15) is 10.6 Å². The summed E-state index contributed by atoms with van der Waals surface area (Å²) >= 11 is 1.66. The zero-order valence-electron chi connectivity index (χ0n) is 21.6. The van der Waals surface area contributed by atoms with E-state index in [9.17, 15) is 14.4 Å². The summed E-state index contributed by atoms with van der Waals surface area (Å²) in [6.45, 7) is 4.65. The summed E-state index contributed by atoms with van der Waals surface area (Å²) in [5, 5.41) is 3.59. The Balaban J connectivity index is 1.58. The number of carbonyl (C=O) groups excluding carboxylic acids is 3. The second-order valence-electron chi connectivity index (χ2n) is 9.67. The van der Waals surface area contributed by atoms with Crippen molar-refractivity contribution in [3.63, 3.8) is 0 Å². The third kappa shape index (κ3) is 5.57. The van der Waals surface area contributed by atoms with Gasteiger partial charge in [0.25, 0.3) is 5.91 Å². The van der Waals surface area contributed by atoms with E-state index in [-0.39, 0.29) is 35.1 Å². The molecule has 3 N–H and O–H groups in total. The molecule has 4 rings (SSSR count). The number of benzene rings is 1. The predicted octanol–water partition coefficient (Wildman–Crippen LogP) is 3.36. The topological polar surface area (TPSA) is 131 Å². The number of anilines is 1. The van der Waals surface area contributed by atoms with Crippen molar-refractivity contribution in [3.8, 4) is 5.88 Å². The SMILES string of the molecule is COc1ncc(NC(=O)C(=O)N2C[C@@H](C)CC[C@@H]2c2ccc3sc(C(C)N(C)C)nc3c2)cc1C(N)=O. The Bertz CT molecular complexity index is 1340. The first-order valence-electron chi connectivity index (χ1n) is 12.1. The molecule has 1 fully saturated rings. The average molecular weight is 525 g/mol. The molecular weight excluding hydrogens is 492 g/mol. The van der Waals surface area contributed by atoms with Crippen molar-refractivity contribution in [2.24, 2.45) is 11.7 Å². The summed E-state index contributed by atoms with van der Waals surface area (Å²) < 4.78 is 6.12.